The number of aryl methyl sites for hydroxylation is 1. The molecule has 1 aromatic heterocycles. The quantitative estimate of drug-likeness (QED) is 0.915. The van der Waals surface area contributed by atoms with Gasteiger partial charge >= 0.3 is 0 Å². The highest BCUT2D eigenvalue weighted by molar-refractivity contribution is 9.11. The van der Waals surface area contributed by atoms with E-state index >= 15 is 0 Å². The molecule has 2 rings (SSSR count). The van der Waals surface area contributed by atoms with E-state index in [0.717, 1.165) is 16.6 Å². The molecule has 4 nitrogen and oxygen atoms in total. The third-order valence-corrected chi connectivity index (χ3v) is 4.52. The fourth-order valence-corrected chi connectivity index (χ4v) is 3.43. The van der Waals surface area contributed by atoms with Gasteiger partial charge in [-0.1, -0.05) is 0 Å². The Balaban J connectivity index is 1.73. The first-order valence-electron chi connectivity index (χ1n) is 5.94. The molecule has 18 heavy (non-hydrogen) atoms. The van der Waals surface area contributed by atoms with Crippen LogP contribution in [0.3, 0.4) is 0 Å². The van der Waals surface area contributed by atoms with E-state index in [0.29, 0.717) is 19.5 Å². The lowest BCUT2D eigenvalue weighted by Crippen LogP contribution is -2.49. The maximum absolute atomic E-state index is 11.9. The first-order chi connectivity index (χ1) is 8.65. The van der Waals surface area contributed by atoms with Crippen LogP contribution in [0.25, 0.3) is 0 Å². The van der Waals surface area contributed by atoms with E-state index in [1.54, 1.807) is 16.2 Å². The van der Waals surface area contributed by atoms with Crippen LogP contribution < -0.4 is 5.32 Å². The molecule has 1 N–H and O–H groups in total. The average Bonchev–Trinajstić information content (AvgIpc) is 2.75. The Morgan fingerprint density at radius 2 is 2.33 bits per heavy atom. The second-order valence-electron chi connectivity index (χ2n) is 4.22. The van der Waals surface area contributed by atoms with Crippen molar-refractivity contribution < 1.29 is 9.59 Å². The van der Waals surface area contributed by atoms with Gasteiger partial charge in [0.05, 0.1) is 10.3 Å². The summed E-state index contributed by atoms with van der Waals surface area (Å²) in [6, 6.07) is 4.10. The van der Waals surface area contributed by atoms with Crippen molar-refractivity contribution in [1.29, 1.82) is 0 Å². The first kappa shape index (κ1) is 13.5. The summed E-state index contributed by atoms with van der Waals surface area (Å²) in [5, 5.41) is 2.72. The van der Waals surface area contributed by atoms with Gasteiger partial charge in [0.25, 0.3) is 0 Å². The van der Waals surface area contributed by atoms with E-state index < -0.39 is 0 Å². The number of nitrogens with one attached hydrogen (secondary N) is 1. The summed E-state index contributed by atoms with van der Waals surface area (Å²) in [6.45, 7) is 1.42. The minimum Gasteiger partial charge on any atom is -0.353 e. The summed E-state index contributed by atoms with van der Waals surface area (Å²) in [5.74, 6) is 0.0252. The normalized spacial score (nSPS) is 15.6. The highest BCUT2D eigenvalue weighted by Crippen LogP contribution is 2.23. The smallest absolute Gasteiger partial charge is 0.239 e. The van der Waals surface area contributed by atoms with Crippen molar-refractivity contribution in [2.45, 2.75) is 19.3 Å². The number of halogens is 1. The summed E-state index contributed by atoms with van der Waals surface area (Å²) in [4.78, 5) is 26.0. The molecule has 0 bridgehead atoms. The monoisotopic (exact) mass is 330 g/mol. The van der Waals surface area contributed by atoms with Crippen LogP contribution in [-0.4, -0.2) is 36.3 Å². The van der Waals surface area contributed by atoms with Crippen LogP contribution in [0.1, 0.15) is 17.7 Å². The maximum atomic E-state index is 11.9. The van der Waals surface area contributed by atoms with Gasteiger partial charge in [-0.25, -0.2) is 0 Å². The lowest BCUT2D eigenvalue weighted by atomic mass is 10.2. The molecule has 0 spiro atoms. The molecule has 1 fully saturated rings. The van der Waals surface area contributed by atoms with Crippen LogP contribution >= 0.6 is 27.3 Å². The second-order valence-corrected chi connectivity index (χ2v) is 6.77. The zero-order chi connectivity index (χ0) is 13.0. The molecular formula is C12H15BrN2O2S. The number of carbonyl (C=O) groups excluding carboxylic acids is 2. The van der Waals surface area contributed by atoms with Crippen molar-refractivity contribution >= 4 is 39.1 Å². The molecule has 0 unspecified atom stereocenters. The van der Waals surface area contributed by atoms with Crippen molar-refractivity contribution in [2.75, 3.05) is 19.6 Å². The standard InChI is InChI=1S/C12H15BrN2O2S/c13-10-5-4-9(18-10)2-1-3-12(17)15-7-6-14-11(16)8-15/h4-5H,1-3,6-8H2,(H,14,16). The molecule has 1 saturated heterocycles. The molecular weight excluding hydrogens is 316 g/mol. The molecule has 1 aliphatic heterocycles. The highest BCUT2D eigenvalue weighted by atomic mass is 79.9. The fraction of sp³-hybridized carbons (Fsp3) is 0.500. The average molecular weight is 331 g/mol. The summed E-state index contributed by atoms with van der Waals surface area (Å²) < 4.78 is 1.12. The largest absolute Gasteiger partial charge is 0.353 e. The third kappa shape index (κ3) is 3.81. The Morgan fingerprint density at radius 1 is 1.50 bits per heavy atom. The van der Waals surface area contributed by atoms with E-state index in [1.807, 2.05) is 6.07 Å². The first-order valence-corrected chi connectivity index (χ1v) is 7.55. The molecule has 0 atom stereocenters. The number of piperazine rings is 1. The van der Waals surface area contributed by atoms with Gasteiger partial charge in [0.2, 0.25) is 11.8 Å². The van der Waals surface area contributed by atoms with Gasteiger partial charge in [0, 0.05) is 24.4 Å². The molecule has 98 valence electrons. The van der Waals surface area contributed by atoms with E-state index in [-0.39, 0.29) is 18.4 Å². The zero-order valence-electron chi connectivity index (χ0n) is 9.95. The van der Waals surface area contributed by atoms with Crippen LogP contribution in [0.2, 0.25) is 0 Å². The van der Waals surface area contributed by atoms with Crippen molar-refractivity contribution in [3.8, 4) is 0 Å². The number of hydrogen-bond donors (Lipinski definition) is 1. The van der Waals surface area contributed by atoms with Gasteiger partial charge in [-0.2, -0.15) is 0 Å². The van der Waals surface area contributed by atoms with Crippen molar-refractivity contribution in [3.63, 3.8) is 0 Å². The predicted octanol–water partition coefficient (Wildman–Crippen LogP) is 1.79. The summed E-state index contributed by atoms with van der Waals surface area (Å²) >= 11 is 5.12. The Morgan fingerprint density at radius 3 is 3.00 bits per heavy atom. The van der Waals surface area contributed by atoms with Crippen LogP contribution in [-0.2, 0) is 16.0 Å². The SMILES string of the molecule is O=C1CN(C(=O)CCCc2ccc(Br)s2)CCN1. The predicted molar refractivity (Wildman–Crippen MR) is 74.5 cm³/mol. The topological polar surface area (TPSA) is 49.4 Å². The van der Waals surface area contributed by atoms with Gasteiger partial charge in [0.15, 0.2) is 0 Å². The van der Waals surface area contributed by atoms with Gasteiger partial charge < -0.3 is 10.2 Å². The second kappa shape index (κ2) is 6.33. The molecule has 0 radical (unpaired) electrons. The highest BCUT2D eigenvalue weighted by Gasteiger charge is 2.20. The van der Waals surface area contributed by atoms with E-state index in [9.17, 15) is 9.59 Å². The number of thiophene rings is 1. The Bertz CT molecular complexity index is 447. The Hall–Kier alpha value is -0.880. The lowest BCUT2D eigenvalue weighted by molar-refractivity contribution is -0.138. The summed E-state index contributed by atoms with van der Waals surface area (Å²) in [6.07, 6.45) is 2.27. The summed E-state index contributed by atoms with van der Waals surface area (Å²) in [7, 11) is 0. The van der Waals surface area contributed by atoms with Crippen molar-refractivity contribution in [1.82, 2.24) is 10.2 Å². The van der Waals surface area contributed by atoms with Gasteiger partial charge in [-0.05, 0) is 40.9 Å². The molecule has 0 aliphatic carbocycles. The molecule has 6 heteroatoms. The van der Waals surface area contributed by atoms with Crippen molar-refractivity contribution in [2.24, 2.45) is 0 Å². The number of rotatable bonds is 4. The molecule has 2 heterocycles. The molecule has 1 aromatic rings. The van der Waals surface area contributed by atoms with Crippen LogP contribution in [0.4, 0.5) is 0 Å². The number of nitrogens with zero attached hydrogens (tertiary/aromatic N) is 1. The molecule has 0 saturated carbocycles. The molecule has 2 amide bonds. The van der Waals surface area contributed by atoms with E-state index in [1.165, 1.54) is 4.88 Å². The van der Waals surface area contributed by atoms with E-state index in [2.05, 4.69) is 27.3 Å². The minimum atomic E-state index is -0.0585. The zero-order valence-corrected chi connectivity index (χ0v) is 12.3. The molecule has 1 aliphatic rings. The number of hydrogen-bond acceptors (Lipinski definition) is 3. The minimum absolute atomic E-state index is 0.0585. The Labute approximate surface area is 118 Å². The Kier molecular flexibility index (Phi) is 4.77. The summed E-state index contributed by atoms with van der Waals surface area (Å²) in [5.41, 5.74) is 0. The third-order valence-electron chi connectivity index (χ3n) is 2.83. The van der Waals surface area contributed by atoms with Crippen molar-refractivity contribution in [3.05, 3.63) is 20.8 Å². The number of amides is 2. The number of carbonyl (C=O) groups is 2. The molecule has 0 aromatic carbocycles. The van der Waals surface area contributed by atoms with Gasteiger partial charge in [-0.3, -0.25) is 9.59 Å². The van der Waals surface area contributed by atoms with E-state index in [4.69, 9.17) is 0 Å². The van der Waals surface area contributed by atoms with Crippen LogP contribution in [0.15, 0.2) is 15.9 Å². The van der Waals surface area contributed by atoms with Crippen LogP contribution in [0.5, 0.6) is 0 Å². The van der Waals surface area contributed by atoms with Gasteiger partial charge in [0.1, 0.15) is 0 Å². The maximum Gasteiger partial charge on any atom is 0.239 e. The fourth-order valence-electron chi connectivity index (χ4n) is 1.91. The lowest BCUT2D eigenvalue weighted by Gasteiger charge is -2.26. The van der Waals surface area contributed by atoms with Crippen LogP contribution in [0, 0.1) is 0 Å². The van der Waals surface area contributed by atoms with Gasteiger partial charge in [-0.15, -0.1) is 11.3 Å².